The van der Waals surface area contributed by atoms with E-state index >= 15 is 0 Å². The summed E-state index contributed by atoms with van der Waals surface area (Å²) in [5.74, 6) is 1.92. The second-order valence-corrected chi connectivity index (χ2v) is 4.27. The van der Waals surface area contributed by atoms with Crippen molar-refractivity contribution in [3.05, 3.63) is 59.0 Å². The summed E-state index contributed by atoms with van der Waals surface area (Å²) in [5.41, 5.74) is 2.60. The monoisotopic (exact) mass is 229 g/mol. The van der Waals surface area contributed by atoms with Crippen molar-refractivity contribution in [2.45, 2.75) is 26.3 Å². The molecule has 17 heavy (non-hydrogen) atoms. The number of rotatable bonds is 4. The van der Waals surface area contributed by atoms with Gasteiger partial charge in [0.25, 0.3) is 0 Å². The average Bonchev–Trinajstić information content (AvgIpc) is 2.77. The number of hydrogen-bond acceptors (Lipinski definition) is 2. The lowest BCUT2D eigenvalue weighted by atomic mass is 10.0. The molecule has 1 N–H and O–H groups in total. The molecule has 1 unspecified atom stereocenters. The first-order chi connectivity index (χ1) is 8.24. The minimum absolute atomic E-state index is 0.134. The van der Waals surface area contributed by atoms with Crippen LogP contribution in [0.4, 0.5) is 0 Å². The van der Waals surface area contributed by atoms with Gasteiger partial charge in [-0.05, 0) is 43.7 Å². The third-order valence-corrected chi connectivity index (χ3v) is 3.03. The maximum Gasteiger partial charge on any atom is 0.125 e. The third kappa shape index (κ3) is 2.59. The molecule has 0 bridgehead atoms. The van der Waals surface area contributed by atoms with Crippen LogP contribution in [0.3, 0.4) is 0 Å². The molecule has 0 fully saturated rings. The van der Waals surface area contributed by atoms with Crippen molar-refractivity contribution < 1.29 is 4.42 Å². The summed E-state index contributed by atoms with van der Waals surface area (Å²) in [4.78, 5) is 0. The fourth-order valence-electron chi connectivity index (χ4n) is 2.07. The Morgan fingerprint density at radius 3 is 2.65 bits per heavy atom. The van der Waals surface area contributed by atoms with E-state index in [0.717, 1.165) is 17.9 Å². The number of furan rings is 1. The molecule has 1 aromatic carbocycles. The van der Waals surface area contributed by atoms with Crippen LogP contribution in [0.25, 0.3) is 0 Å². The highest BCUT2D eigenvalue weighted by molar-refractivity contribution is 5.31. The second kappa shape index (κ2) is 5.19. The van der Waals surface area contributed by atoms with E-state index in [0.29, 0.717) is 0 Å². The van der Waals surface area contributed by atoms with Crippen molar-refractivity contribution in [2.75, 3.05) is 7.05 Å². The molecule has 2 heteroatoms. The molecular weight excluding hydrogens is 210 g/mol. The van der Waals surface area contributed by atoms with Gasteiger partial charge in [0.1, 0.15) is 11.5 Å². The molecule has 2 aromatic rings. The van der Waals surface area contributed by atoms with Gasteiger partial charge in [0.05, 0.1) is 6.04 Å². The first-order valence-electron chi connectivity index (χ1n) is 6.07. The summed E-state index contributed by atoms with van der Waals surface area (Å²) < 4.78 is 5.70. The highest BCUT2D eigenvalue weighted by Crippen LogP contribution is 2.24. The lowest BCUT2D eigenvalue weighted by Gasteiger charge is -2.15. The summed E-state index contributed by atoms with van der Waals surface area (Å²) >= 11 is 0. The van der Waals surface area contributed by atoms with Crippen LogP contribution >= 0.6 is 0 Å². The molecule has 0 saturated carbocycles. The van der Waals surface area contributed by atoms with Gasteiger partial charge in [-0.2, -0.15) is 0 Å². The zero-order valence-corrected chi connectivity index (χ0v) is 10.7. The first-order valence-corrected chi connectivity index (χ1v) is 6.07. The van der Waals surface area contributed by atoms with E-state index in [1.54, 1.807) is 0 Å². The minimum Gasteiger partial charge on any atom is -0.464 e. The van der Waals surface area contributed by atoms with E-state index in [4.69, 9.17) is 4.42 Å². The van der Waals surface area contributed by atoms with Gasteiger partial charge < -0.3 is 9.73 Å². The lowest BCUT2D eigenvalue weighted by molar-refractivity contribution is 0.444. The van der Waals surface area contributed by atoms with Crippen molar-refractivity contribution in [3.63, 3.8) is 0 Å². The fraction of sp³-hybridized carbons (Fsp3) is 0.333. The van der Waals surface area contributed by atoms with Gasteiger partial charge >= 0.3 is 0 Å². The topological polar surface area (TPSA) is 25.2 Å². The minimum atomic E-state index is 0.134. The van der Waals surface area contributed by atoms with Gasteiger partial charge in [-0.15, -0.1) is 0 Å². The molecule has 1 atom stereocenters. The van der Waals surface area contributed by atoms with Crippen molar-refractivity contribution in [3.8, 4) is 0 Å². The van der Waals surface area contributed by atoms with E-state index < -0.39 is 0 Å². The van der Waals surface area contributed by atoms with Gasteiger partial charge in [0.2, 0.25) is 0 Å². The molecule has 0 amide bonds. The Morgan fingerprint density at radius 1 is 1.24 bits per heavy atom. The highest BCUT2D eigenvalue weighted by atomic mass is 16.3. The van der Waals surface area contributed by atoms with E-state index in [1.165, 1.54) is 11.1 Å². The summed E-state index contributed by atoms with van der Waals surface area (Å²) in [7, 11) is 1.96. The molecule has 1 aromatic heterocycles. The molecule has 0 aliphatic heterocycles. The number of nitrogens with one attached hydrogen (secondary N) is 1. The molecule has 2 nitrogen and oxygen atoms in total. The Bertz CT molecular complexity index is 487. The molecule has 0 aliphatic carbocycles. The molecule has 0 spiro atoms. The lowest BCUT2D eigenvalue weighted by Crippen LogP contribution is -2.17. The van der Waals surface area contributed by atoms with Crippen LogP contribution in [0.2, 0.25) is 0 Å². The summed E-state index contributed by atoms with van der Waals surface area (Å²) in [6, 6.07) is 12.8. The molecular formula is C15H19NO. The summed E-state index contributed by atoms with van der Waals surface area (Å²) in [6.45, 7) is 4.14. The Morgan fingerprint density at radius 2 is 2.06 bits per heavy atom. The van der Waals surface area contributed by atoms with Crippen molar-refractivity contribution in [1.82, 2.24) is 5.32 Å². The van der Waals surface area contributed by atoms with Crippen LogP contribution in [0, 0.1) is 6.92 Å². The summed E-state index contributed by atoms with van der Waals surface area (Å²) in [6.07, 6.45) is 1.06. The maximum absolute atomic E-state index is 5.70. The standard InChI is InChI=1S/C15H19NO/c1-4-12-6-5-7-13(10-12)15(16-3)14-9-8-11(2)17-14/h5-10,15-16H,4H2,1-3H3. The van der Waals surface area contributed by atoms with Crippen LogP contribution in [0.5, 0.6) is 0 Å². The Kier molecular flexibility index (Phi) is 3.64. The SMILES string of the molecule is CCc1cccc(C(NC)c2ccc(C)o2)c1. The molecule has 0 radical (unpaired) electrons. The average molecular weight is 229 g/mol. The van der Waals surface area contributed by atoms with Crippen molar-refractivity contribution in [2.24, 2.45) is 0 Å². The number of benzene rings is 1. The Balaban J connectivity index is 2.34. The third-order valence-electron chi connectivity index (χ3n) is 3.03. The zero-order chi connectivity index (χ0) is 12.3. The number of hydrogen-bond donors (Lipinski definition) is 1. The normalized spacial score (nSPS) is 12.6. The van der Waals surface area contributed by atoms with Crippen LogP contribution in [0.15, 0.2) is 40.8 Å². The van der Waals surface area contributed by atoms with E-state index in [9.17, 15) is 0 Å². The van der Waals surface area contributed by atoms with Gasteiger partial charge in [0, 0.05) is 0 Å². The van der Waals surface area contributed by atoms with Crippen LogP contribution in [-0.2, 0) is 6.42 Å². The molecule has 0 saturated heterocycles. The van der Waals surface area contributed by atoms with E-state index in [-0.39, 0.29) is 6.04 Å². The maximum atomic E-state index is 5.70. The fourth-order valence-corrected chi connectivity index (χ4v) is 2.07. The van der Waals surface area contributed by atoms with Gasteiger partial charge in [0.15, 0.2) is 0 Å². The van der Waals surface area contributed by atoms with Crippen molar-refractivity contribution >= 4 is 0 Å². The molecule has 2 rings (SSSR count). The number of aryl methyl sites for hydroxylation is 2. The van der Waals surface area contributed by atoms with Gasteiger partial charge in [-0.25, -0.2) is 0 Å². The van der Waals surface area contributed by atoms with Crippen LogP contribution in [0.1, 0.15) is 35.6 Å². The largest absolute Gasteiger partial charge is 0.464 e. The molecule has 90 valence electrons. The smallest absolute Gasteiger partial charge is 0.125 e. The van der Waals surface area contributed by atoms with Gasteiger partial charge in [-0.1, -0.05) is 31.2 Å². The quantitative estimate of drug-likeness (QED) is 0.868. The van der Waals surface area contributed by atoms with E-state index in [2.05, 4.69) is 36.5 Å². The predicted molar refractivity (Wildman–Crippen MR) is 70.2 cm³/mol. The summed E-state index contributed by atoms with van der Waals surface area (Å²) in [5, 5.41) is 3.31. The first kappa shape index (κ1) is 11.9. The molecule has 1 heterocycles. The Hall–Kier alpha value is -1.54. The highest BCUT2D eigenvalue weighted by Gasteiger charge is 2.15. The molecule has 0 aliphatic rings. The second-order valence-electron chi connectivity index (χ2n) is 4.27. The van der Waals surface area contributed by atoms with E-state index in [1.807, 2.05) is 26.1 Å². The van der Waals surface area contributed by atoms with Crippen molar-refractivity contribution in [1.29, 1.82) is 0 Å². The van der Waals surface area contributed by atoms with Crippen LogP contribution in [-0.4, -0.2) is 7.05 Å². The Labute approximate surface area is 103 Å². The predicted octanol–water partition coefficient (Wildman–Crippen LogP) is 3.46. The van der Waals surface area contributed by atoms with Gasteiger partial charge in [-0.3, -0.25) is 0 Å². The zero-order valence-electron chi connectivity index (χ0n) is 10.7. The van der Waals surface area contributed by atoms with Crippen LogP contribution < -0.4 is 5.32 Å².